The number of nitrogens with zero attached hydrogens (tertiary/aromatic N) is 15. The van der Waals surface area contributed by atoms with Crippen molar-refractivity contribution in [2.45, 2.75) is 75.4 Å². The molecule has 25 heteroatoms. The van der Waals surface area contributed by atoms with Gasteiger partial charge in [0.05, 0.1) is 70.3 Å². The Hall–Kier alpha value is -6.19. The van der Waals surface area contributed by atoms with Crippen LogP contribution < -0.4 is 11.5 Å². The van der Waals surface area contributed by atoms with Crippen LogP contribution in [0.15, 0.2) is 56.0 Å². The highest BCUT2D eigenvalue weighted by Crippen LogP contribution is 2.36. The molecule has 0 amide bonds. The molecule has 9 heterocycles. The predicted octanol–water partition coefficient (Wildman–Crippen LogP) is -2.52. The molecule has 0 bridgehead atoms. The van der Waals surface area contributed by atoms with Crippen molar-refractivity contribution in [1.82, 2.24) is 74.0 Å². The summed E-state index contributed by atoms with van der Waals surface area (Å²) in [5.41, 5.74) is 16.0. The van der Waals surface area contributed by atoms with Gasteiger partial charge < -0.3 is 50.8 Å². The molecule has 7 aromatic rings. The summed E-state index contributed by atoms with van der Waals surface area (Å²) in [5, 5.41) is 58.2. The summed E-state index contributed by atoms with van der Waals surface area (Å²) in [6.07, 6.45) is 3.11. The first-order valence-electron chi connectivity index (χ1n) is 18.0. The molecule has 9 rings (SSSR count). The SMILES string of the molecule is Nc1ncnc2c1ncn2[C@@H]1O[C@H](CO)[C@@H](O)[C@H]1OCc1cn(Cc2ccc(Cn3cc(CO[C@@H]4[C@H](O)[C@@H](CO)O[C@H]4n4cnc5c(N)ncnc54)nn3)nc2)nn1. The van der Waals surface area contributed by atoms with Gasteiger partial charge in [0, 0.05) is 6.20 Å². The minimum absolute atomic E-state index is 0.00284. The summed E-state index contributed by atoms with van der Waals surface area (Å²) < 4.78 is 30.4. The van der Waals surface area contributed by atoms with Gasteiger partial charge in [-0.05, 0) is 11.6 Å². The molecular formula is C33H37N17O8. The average Bonchev–Trinajstić information content (AvgIpc) is 4.09. The third-order valence-electron chi connectivity index (χ3n) is 9.88. The molecule has 0 saturated carbocycles. The number of fused-ring (bicyclic) bond motifs is 2. The smallest absolute Gasteiger partial charge is 0.167 e. The normalized spacial score (nSPS) is 24.8. The van der Waals surface area contributed by atoms with E-state index in [0.717, 1.165) is 11.3 Å². The van der Waals surface area contributed by atoms with E-state index < -0.39 is 62.3 Å². The number of hydrogen-bond acceptors (Lipinski definition) is 21. The molecule has 302 valence electrons. The molecule has 2 saturated heterocycles. The lowest BCUT2D eigenvalue weighted by Crippen LogP contribution is -2.35. The van der Waals surface area contributed by atoms with Crippen molar-refractivity contribution in [2.24, 2.45) is 0 Å². The molecular weight excluding hydrogens is 762 g/mol. The minimum atomic E-state index is -1.15. The Morgan fingerprint density at radius 1 is 0.638 bits per heavy atom. The van der Waals surface area contributed by atoms with Crippen LogP contribution in [0.3, 0.4) is 0 Å². The van der Waals surface area contributed by atoms with Crippen LogP contribution in [-0.2, 0) is 45.3 Å². The average molecular weight is 800 g/mol. The zero-order valence-corrected chi connectivity index (χ0v) is 30.3. The Kier molecular flexibility index (Phi) is 10.1. The van der Waals surface area contributed by atoms with Crippen LogP contribution in [0.4, 0.5) is 11.6 Å². The summed E-state index contributed by atoms with van der Waals surface area (Å²) in [7, 11) is 0. The van der Waals surface area contributed by atoms with E-state index in [1.54, 1.807) is 37.1 Å². The van der Waals surface area contributed by atoms with Crippen LogP contribution in [0.25, 0.3) is 22.3 Å². The van der Waals surface area contributed by atoms with Crippen molar-refractivity contribution in [2.75, 3.05) is 24.7 Å². The van der Waals surface area contributed by atoms with Crippen molar-refractivity contribution in [3.8, 4) is 0 Å². The second kappa shape index (κ2) is 15.6. The highest BCUT2D eigenvalue weighted by atomic mass is 16.6. The third-order valence-corrected chi connectivity index (χ3v) is 9.88. The van der Waals surface area contributed by atoms with E-state index in [1.165, 1.54) is 25.3 Å². The molecule has 8 N–H and O–H groups in total. The monoisotopic (exact) mass is 799 g/mol. The van der Waals surface area contributed by atoms with Crippen LogP contribution in [-0.4, -0.2) is 144 Å². The molecule has 0 aromatic carbocycles. The number of aliphatic hydroxyl groups excluding tert-OH is 4. The quantitative estimate of drug-likeness (QED) is 0.0661. The number of aliphatic hydroxyl groups is 4. The zero-order chi connectivity index (χ0) is 39.9. The van der Waals surface area contributed by atoms with Crippen molar-refractivity contribution in [3.05, 3.63) is 78.7 Å². The Labute approximate surface area is 325 Å². The molecule has 2 aliphatic rings. The van der Waals surface area contributed by atoms with Gasteiger partial charge in [-0.15, -0.1) is 10.2 Å². The number of rotatable bonds is 14. The molecule has 7 aromatic heterocycles. The van der Waals surface area contributed by atoms with E-state index in [0.29, 0.717) is 46.8 Å². The standard InChI is InChI=1S/C33H37N17O8/c34-28-22-30(39-12-37-28)49(14-41-22)32-26(24(53)20(8-51)57-32)55-10-18-6-47(45-43-18)4-16-1-2-17(36-3-16)5-48-7-19(44-46-48)11-56-27-25(54)21(9-52)58-33(27)50-15-42-23-29(35)38-13-40-31(23)50/h1-3,6-7,12-15,20-21,24-27,32-33,51-54H,4-5,8-11H2,(H2,34,37,39)(H2,35,38,40)/t20-,21-,24-,25-,26-,27-,32-,33-/m1/s1. The number of aromatic nitrogens is 15. The van der Waals surface area contributed by atoms with Crippen LogP contribution in [0, 0.1) is 0 Å². The van der Waals surface area contributed by atoms with Crippen LogP contribution in [0.5, 0.6) is 0 Å². The van der Waals surface area contributed by atoms with Gasteiger partial charge in [0.15, 0.2) is 35.4 Å². The van der Waals surface area contributed by atoms with Crippen molar-refractivity contribution < 1.29 is 39.4 Å². The fourth-order valence-corrected chi connectivity index (χ4v) is 6.98. The van der Waals surface area contributed by atoms with Gasteiger partial charge in [-0.1, -0.05) is 16.5 Å². The Morgan fingerprint density at radius 2 is 1.16 bits per heavy atom. The summed E-state index contributed by atoms with van der Waals surface area (Å²) in [6, 6.07) is 3.78. The first-order chi connectivity index (χ1) is 28.3. The van der Waals surface area contributed by atoms with Crippen LogP contribution in [0.1, 0.15) is 35.1 Å². The van der Waals surface area contributed by atoms with Gasteiger partial charge in [-0.25, -0.2) is 39.3 Å². The predicted molar refractivity (Wildman–Crippen MR) is 193 cm³/mol. The Morgan fingerprint density at radius 3 is 1.64 bits per heavy atom. The van der Waals surface area contributed by atoms with Gasteiger partial charge in [0.2, 0.25) is 0 Å². The van der Waals surface area contributed by atoms with Crippen molar-refractivity contribution >= 4 is 34.0 Å². The van der Waals surface area contributed by atoms with Crippen molar-refractivity contribution in [1.29, 1.82) is 0 Å². The zero-order valence-electron chi connectivity index (χ0n) is 30.3. The third kappa shape index (κ3) is 7.04. The highest BCUT2D eigenvalue weighted by Gasteiger charge is 2.47. The number of anilines is 2. The van der Waals surface area contributed by atoms with Gasteiger partial charge in [-0.2, -0.15) is 0 Å². The van der Waals surface area contributed by atoms with Gasteiger partial charge in [0.25, 0.3) is 0 Å². The summed E-state index contributed by atoms with van der Waals surface area (Å²) >= 11 is 0. The summed E-state index contributed by atoms with van der Waals surface area (Å²) in [6.45, 7) is -0.150. The largest absolute Gasteiger partial charge is 0.394 e. The number of hydrogen-bond donors (Lipinski definition) is 6. The number of ether oxygens (including phenoxy) is 4. The lowest BCUT2D eigenvalue weighted by atomic mass is 10.1. The van der Waals surface area contributed by atoms with Crippen molar-refractivity contribution in [3.63, 3.8) is 0 Å². The van der Waals surface area contributed by atoms with Crippen LogP contribution >= 0.6 is 0 Å². The number of nitrogen functional groups attached to an aromatic ring is 2. The first-order valence-corrected chi connectivity index (χ1v) is 18.0. The van der Waals surface area contributed by atoms with E-state index in [2.05, 4.69) is 55.5 Å². The van der Waals surface area contributed by atoms with E-state index in [-0.39, 0.29) is 24.8 Å². The number of nitrogens with two attached hydrogens (primary N) is 2. The lowest BCUT2D eigenvalue weighted by Gasteiger charge is -2.21. The fourth-order valence-electron chi connectivity index (χ4n) is 6.98. The summed E-state index contributed by atoms with van der Waals surface area (Å²) in [5.74, 6) is 0.393. The van der Waals surface area contributed by atoms with Gasteiger partial charge in [0.1, 0.15) is 71.7 Å². The second-order valence-corrected chi connectivity index (χ2v) is 13.7. The molecule has 58 heavy (non-hydrogen) atoms. The molecule has 0 aliphatic carbocycles. The van der Waals surface area contributed by atoms with Gasteiger partial charge >= 0.3 is 0 Å². The lowest BCUT2D eigenvalue weighted by molar-refractivity contribution is -0.0767. The maximum atomic E-state index is 10.9. The highest BCUT2D eigenvalue weighted by molar-refractivity contribution is 5.81. The topological polar surface area (TPSA) is 331 Å². The number of imidazole rings is 2. The van der Waals surface area contributed by atoms with Gasteiger partial charge in [-0.3, -0.25) is 14.1 Å². The second-order valence-electron chi connectivity index (χ2n) is 13.7. The number of pyridine rings is 1. The fraction of sp³-hybridized carbons (Fsp3) is 0.424. The summed E-state index contributed by atoms with van der Waals surface area (Å²) in [4.78, 5) is 29.5. The molecule has 0 radical (unpaired) electrons. The molecule has 25 nitrogen and oxygen atoms in total. The maximum absolute atomic E-state index is 10.9. The Balaban J connectivity index is 0.792. The van der Waals surface area contributed by atoms with Crippen LogP contribution in [0.2, 0.25) is 0 Å². The molecule has 0 unspecified atom stereocenters. The van der Waals surface area contributed by atoms with E-state index in [9.17, 15) is 20.4 Å². The van der Waals surface area contributed by atoms with E-state index in [4.69, 9.17) is 30.4 Å². The Bertz CT molecular complexity index is 2340. The molecule has 2 fully saturated rings. The maximum Gasteiger partial charge on any atom is 0.167 e. The molecule has 0 spiro atoms. The molecule has 2 aliphatic heterocycles. The first kappa shape index (κ1) is 37.4. The van der Waals surface area contributed by atoms with E-state index in [1.807, 2.05) is 12.1 Å². The molecule has 8 atom stereocenters. The minimum Gasteiger partial charge on any atom is -0.394 e. The van der Waals surface area contributed by atoms with E-state index >= 15 is 0 Å².